The van der Waals surface area contributed by atoms with Crippen LogP contribution in [0.2, 0.25) is 10.0 Å². The van der Waals surface area contributed by atoms with E-state index in [2.05, 4.69) is 60.7 Å². The molecule has 0 aliphatic carbocycles. The molecule has 3 heteroatoms. The quantitative estimate of drug-likeness (QED) is 0.276. The third-order valence-corrected chi connectivity index (χ3v) is 6.62. The summed E-state index contributed by atoms with van der Waals surface area (Å²) in [5.41, 5.74) is 2.37. The van der Waals surface area contributed by atoms with Gasteiger partial charge in [-0.25, -0.2) is 0 Å². The minimum Gasteiger partial charge on any atom is -0.134 e. The molecule has 0 unspecified atom stereocenters. The topological polar surface area (TPSA) is 0 Å². The van der Waals surface area contributed by atoms with E-state index in [0.717, 1.165) is 10.0 Å². The van der Waals surface area contributed by atoms with E-state index >= 15 is 0 Å². The molecule has 4 aromatic carbocycles. The molecule has 0 radical (unpaired) electrons. The molecule has 1 aromatic heterocycles. The Morgan fingerprint density at radius 2 is 0.926 bits per heavy atom. The Labute approximate surface area is 171 Å². The van der Waals surface area contributed by atoms with Gasteiger partial charge in [-0.05, 0) is 58.3 Å². The summed E-state index contributed by atoms with van der Waals surface area (Å²) in [4.78, 5) is 2.52. The van der Waals surface area contributed by atoms with E-state index in [1.165, 1.54) is 42.4 Å². The molecule has 0 nitrogen and oxygen atoms in total. The van der Waals surface area contributed by atoms with Gasteiger partial charge >= 0.3 is 0 Å². The molecule has 0 spiro atoms. The van der Waals surface area contributed by atoms with Crippen molar-refractivity contribution in [3.8, 4) is 20.9 Å². The van der Waals surface area contributed by atoms with Gasteiger partial charge in [0.25, 0.3) is 0 Å². The van der Waals surface area contributed by atoms with E-state index in [1.54, 1.807) is 0 Å². The molecule has 27 heavy (non-hydrogen) atoms. The maximum Gasteiger partial charge on any atom is 0.0428 e. The first-order valence-corrected chi connectivity index (χ1v) is 10.2. The molecule has 0 saturated heterocycles. The molecular formula is C24H14Cl2S. The highest BCUT2D eigenvalue weighted by Crippen LogP contribution is 2.45. The summed E-state index contributed by atoms with van der Waals surface area (Å²) in [5, 5.41) is 6.55. The second-order valence-corrected chi connectivity index (χ2v) is 8.41. The van der Waals surface area contributed by atoms with Crippen LogP contribution in [0, 0.1) is 0 Å². The third-order valence-electron chi connectivity index (χ3n) is 4.79. The number of thiophene rings is 1. The van der Waals surface area contributed by atoms with Crippen LogP contribution in [0.4, 0.5) is 0 Å². The van der Waals surface area contributed by atoms with Gasteiger partial charge in [0.05, 0.1) is 0 Å². The molecule has 0 fully saturated rings. The average Bonchev–Trinajstić information content (AvgIpc) is 3.06. The average molecular weight is 405 g/mol. The zero-order chi connectivity index (χ0) is 18.4. The predicted molar refractivity (Wildman–Crippen MR) is 120 cm³/mol. The van der Waals surface area contributed by atoms with Crippen molar-refractivity contribution in [1.29, 1.82) is 0 Å². The number of hydrogen-bond acceptors (Lipinski definition) is 1. The number of fused-ring (bicyclic) bond motifs is 2. The first kappa shape index (κ1) is 16.8. The Morgan fingerprint density at radius 1 is 0.519 bits per heavy atom. The van der Waals surface area contributed by atoms with Gasteiger partial charge in [0, 0.05) is 30.6 Å². The molecule has 0 amide bonds. The van der Waals surface area contributed by atoms with E-state index < -0.39 is 0 Å². The normalized spacial score (nSPS) is 11.3. The highest BCUT2D eigenvalue weighted by molar-refractivity contribution is 7.21. The summed E-state index contributed by atoms with van der Waals surface area (Å²) in [6.45, 7) is 0. The van der Waals surface area contributed by atoms with Crippen molar-refractivity contribution in [2.45, 2.75) is 0 Å². The Bertz CT molecular complexity index is 1170. The van der Waals surface area contributed by atoms with Gasteiger partial charge in [0.1, 0.15) is 0 Å². The van der Waals surface area contributed by atoms with Crippen LogP contribution >= 0.6 is 34.5 Å². The Morgan fingerprint density at radius 3 is 1.33 bits per heavy atom. The molecule has 1 heterocycles. The van der Waals surface area contributed by atoms with Gasteiger partial charge in [-0.1, -0.05) is 71.7 Å². The maximum atomic E-state index is 6.10. The van der Waals surface area contributed by atoms with E-state index in [4.69, 9.17) is 23.2 Å². The van der Waals surface area contributed by atoms with Crippen molar-refractivity contribution >= 4 is 56.1 Å². The minimum absolute atomic E-state index is 0.753. The van der Waals surface area contributed by atoms with Crippen LogP contribution in [-0.2, 0) is 0 Å². The van der Waals surface area contributed by atoms with Gasteiger partial charge in [-0.3, -0.25) is 0 Å². The van der Waals surface area contributed by atoms with E-state index in [-0.39, 0.29) is 0 Å². The maximum absolute atomic E-state index is 6.10. The fraction of sp³-hybridized carbons (Fsp3) is 0. The summed E-state index contributed by atoms with van der Waals surface area (Å²) in [6, 6.07) is 29.3. The van der Waals surface area contributed by atoms with Gasteiger partial charge in [0.15, 0.2) is 0 Å². The van der Waals surface area contributed by atoms with Crippen LogP contribution in [0.5, 0.6) is 0 Å². The summed E-state index contributed by atoms with van der Waals surface area (Å²) in [6.07, 6.45) is 0. The lowest BCUT2D eigenvalue weighted by Crippen LogP contribution is -1.77. The molecule has 0 aliphatic rings. The zero-order valence-corrected chi connectivity index (χ0v) is 16.6. The second-order valence-electron chi connectivity index (χ2n) is 6.52. The summed E-state index contributed by atoms with van der Waals surface area (Å²) < 4.78 is 0. The fourth-order valence-electron chi connectivity index (χ4n) is 3.46. The smallest absolute Gasteiger partial charge is 0.0428 e. The predicted octanol–water partition coefficient (Wildman–Crippen LogP) is 8.70. The number of benzene rings is 4. The first-order chi connectivity index (χ1) is 13.2. The molecular weight excluding hydrogens is 391 g/mol. The summed E-state index contributed by atoms with van der Waals surface area (Å²) in [5.74, 6) is 0. The van der Waals surface area contributed by atoms with Crippen LogP contribution in [0.15, 0.2) is 84.9 Å². The molecule has 5 aromatic rings. The lowest BCUT2D eigenvalue weighted by molar-refractivity contribution is 1.70. The molecule has 5 rings (SSSR count). The van der Waals surface area contributed by atoms with Crippen LogP contribution in [-0.4, -0.2) is 0 Å². The van der Waals surface area contributed by atoms with Gasteiger partial charge in [-0.2, -0.15) is 0 Å². The minimum atomic E-state index is 0.753. The van der Waals surface area contributed by atoms with Gasteiger partial charge in [0.2, 0.25) is 0 Å². The van der Waals surface area contributed by atoms with Crippen molar-refractivity contribution in [1.82, 2.24) is 0 Å². The summed E-state index contributed by atoms with van der Waals surface area (Å²) in [7, 11) is 0. The standard InChI is InChI=1S/C24H14Cl2S/c25-19-9-5-15(6-10-19)23-21-13-17-3-1-2-4-18(17)14-22(21)24(27-23)16-7-11-20(26)12-8-16/h1-14H. The molecule has 0 N–H and O–H groups in total. The van der Waals surface area contributed by atoms with Crippen molar-refractivity contribution < 1.29 is 0 Å². The second kappa shape index (κ2) is 6.69. The Balaban J connectivity index is 1.84. The fourth-order valence-corrected chi connectivity index (χ4v) is 4.98. The lowest BCUT2D eigenvalue weighted by Gasteiger charge is -2.03. The van der Waals surface area contributed by atoms with Gasteiger partial charge < -0.3 is 0 Å². The van der Waals surface area contributed by atoms with Crippen LogP contribution < -0.4 is 0 Å². The first-order valence-electron chi connectivity index (χ1n) is 8.66. The van der Waals surface area contributed by atoms with Crippen molar-refractivity contribution in [2.75, 3.05) is 0 Å². The summed E-state index contributed by atoms with van der Waals surface area (Å²) >= 11 is 14.0. The number of halogens is 2. The Kier molecular flexibility index (Phi) is 4.17. The largest absolute Gasteiger partial charge is 0.134 e. The molecule has 0 bridgehead atoms. The molecule has 130 valence electrons. The molecule has 0 atom stereocenters. The molecule has 0 saturated carbocycles. The van der Waals surface area contributed by atoms with E-state index in [0.29, 0.717) is 0 Å². The van der Waals surface area contributed by atoms with Gasteiger partial charge in [-0.15, -0.1) is 11.3 Å². The number of rotatable bonds is 2. The van der Waals surface area contributed by atoms with Crippen molar-refractivity contribution in [2.24, 2.45) is 0 Å². The monoisotopic (exact) mass is 404 g/mol. The van der Waals surface area contributed by atoms with E-state index in [9.17, 15) is 0 Å². The Hall–Kier alpha value is -2.32. The van der Waals surface area contributed by atoms with Crippen LogP contribution in [0.25, 0.3) is 42.4 Å². The van der Waals surface area contributed by atoms with E-state index in [1.807, 2.05) is 35.6 Å². The zero-order valence-electron chi connectivity index (χ0n) is 14.2. The SMILES string of the molecule is Clc1ccc(-c2sc(-c3ccc(Cl)cc3)c3cc4ccccc4cc23)cc1. The van der Waals surface area contributed by atoms with Crippen LogP contribution in [0.3, 0.4) is 0 Å². The highest BCUT2D eigenvalue weighted by atomic mass is 35.5. The highest BCUT2D eigenvalue weighted by Gasteiger charge is 2.15. The van der Waals surface area contributed by atoms with Crippen LogP contribution in [0.1, 0.15) is 0 Å². The lowest BCUT2D eigenvalue weighted by atomic mass is 10.0. The van der Waals surface area contributed by atoms with Crippen molar-refractivity contribution in [3.63, 3.8) is 0 Å². The number of hydrogen-bond donors (Lipinski definition) is 0. The molecule has 0 aliphatic heterocycles. The van der Waals surface area contributed by atoms with Crippen molar-refractivity contribution in [3.05, 3.63) is 95.0 Å². The third kappa shape index (κ3) is 3.02.